The van der Waals surface area contributed by atoms with E-state index in [0.29, 0.717) is 29.5 Å². The van der Waals surface area contributed by atoms with Crippen molar-refractivity contribution >= 4 is 33.8 Å². The van der Waals surface area contributed by atoms with E-state index in [2.05, 4.69) is 20.6 Å². The Kier molecular flexibility index (Phi) is 6.72. The molecule has 0 aliphatic heterocycles. The number of carboxylic acids is 1. The molecule has 3 heterocycles. The summed E-state index contributed by atoms with van der Waals surface area (Å²) in [5.41, 5.74) is 1.93. The van der Waals surface area contributed by atoms with E-state index in [4.69, 9.17) is 5.11 Å². The van der Waals surface area contributed by atoms with Gasteiger partial charge in [0.25, 0.3) is 0 Å². The Morgan fingerprint density at radius 2 is 1.68 bits per heavy atom. The summed E-state index contributed by atoms with van der Waals surface area (Å²) in [7, 11) is 0. The number of benzene rings is 2. The maximum atomic E-state index is 12.6. The number of aliphatic carboxylic acids is 1. The van der Waals surface area contributed by atoms with E-state index in [9.17, 15) is 19.2 Å². The summed E-state index contributed by atoms with van der Waals surface area (Å²) in [6.45, 7) is 0.589. The van der Waals surface area contributed by atoms with Gasteiger partial charge in [0.05, 0.1) is 17.5 Å². The van der Waals surface area contributed by atoms with Crippen molar-refractivity contribution in [2.24, 2.45) is 0 Å². The topological polar surface area (TPSA) is 151 Å². The highest BCUT2D eigenvalue weighted by Gasteiger charge is 2.13. The number of hydrogen-bond acceptors (Lipinski definition) is 5. The predicted octanol–water partition coefficient (Wildman–Crippen LogP) is 2.50. The van der Waals surface area contributed by atoms with E-state index in [1.54, 1.807) is 18.5 Å². The van der Waals surface area contributed by atoms with Gasteiger partial charge in [0.1, 0.15) is 0 Å². The van der Waals surface area contributed by atoms with Crippen LogP contribution in [0, 0.1) is 0 Å². The number of aryl methyl sites for hydroxylation is 1. The summed E-state index contributed by atoms with van der Waals surface area (Å²) in [6.07, 6.45) is 6.79. The van der Waals surface area contributed by atoms with Gasteiger partial charge >= 0.3 is 23.1 Å². The van der Waals surface area contributed by atoms with E-state index in [-0.39, 0.29) is 19.0 Å². The first-order valence-electron chi connectivity index (χ1n) is 11.9. The maximum Gasteiger partial charge on any atom is 0.316 e. The number of urea groups is 1. The highest BCUT2D eigenvalue weighted by molar-refractivity contribution is 6.04. The number of carbonyl (C=O) groups is 2. The number of nitrogens with one attached hydrogen (secondary N) is 3. The lowest BCUT2D eigenvalue weighted by molar-refractivity contribution is -0.137. The summed E-state index contributed by atoms with van der Waals surface area (Å²) in [6, 6.07) is 14.5. The second-order valence-electron chi connectivity index (χ2n) is 8.74. The molecule has 192 valence electrons. The number of amides is 2. The number of aromatic amines is 1. The van der Waals surface area contributed by atoms with Crippen molar-refractivity contribution in [3.05, 3.63) is 105 Å². The molecule has 0 fully saturated rings. The minimum absolute atomic E-state index is 0.125. The summed E-state index contributed by atoms with van der Waals surface area (Å²) in [4.78, 5) is 54.7. The average Bonchev–Trinajstić information content (AvgIpc) is 3.40. The van der Waals surface area contributed by atoms with Crippen LogP contribution in [0.4, 0.5) is 4.79 Å². The molecule has 0 unspecified atom stereocenters. The van der Waals surface area contributed by atoms with Gasteiger partial charge in [0.2, 0.25) is 0 Å². The molecule has 0 aliphatic rings. The number of pyridine rings is 1. The van der Waals surface area contributed by atoms with Crippen LogP contribution in [-0.4, -0.2) is 36.2 Å². The highest BCUT2D eigenvalue weighted by atomic mass is 16.4. The Morgan fingerprint density at radius 3 is 2.45 bits per heavy atom. The molecule has 2 amide bonds. The van der Waals surface area contributed by atoms with Gasteiger partial charge in [-0.2, -0.15) is 0 Å². The molecule has 3 aromatic heterocycles. The molecule has 0 radical (unpaired) electrons. The van der Waals surface area contributed by atoms with Crippen LogP contribution in [0.5, 0.6) is 0 Å². The van der Waals surface area contributed by atoms with Crippen LogP contribution < -0.4 is 21.8 Å². The first-order chi connectivity index (χ1) is 18.4. The van der Waals surface area contributed by atoms with Crippen molar-refractivity contribution in [1.82, 2.24) is 29.7 Å². The van der Waals surface area contributed by atoms with Crippen LogP contribution >= 0.6 is 0 Å². The molecule has 0 saturated carbocycles. The van der Waals surface area contributed by atoms with Crippen molar-refractivity contribution in [3.8, 4) is 5.69 Å². The van der Waals surface area contributed by atoms with E-state index in [1.165, 1.54) is 4.57 Å². The molecule has 0 bridgehead atoms. The third kappa shape index (κ3) is 5.16. The van der Waals surface area contributed by atoms with Crippen LogP contribution in [-0.2, 0) is 24.4 Å². The smallest absolute Gasteiger partial charge is 0.316 e. The first kappa shape index (κ1) is 24.5. The van der Waals surface area contributed by atoms with Crippen molar-refractivity contribution in [2.75, 3.05) is 0 Å². The lowest BCUT2D eigenvalue weighted by Crippen LogP contribution is -2.36. The van der Waals surface area contributed by atoms with E-state index in [1.807, 2.05) is 59.4 Å². The molecule has 5 rings (SSSR count). The average molecular weight is 513 g/mol. The van der Waals surface area contributed by atoms with Crippen LogP contribution in [0.15, 0.2) is 82.9 Å². The largest absolute Gasteiger partial charge is 0.481 e. The summed E-state index contributed by atoms with van der Waals surface area (Å²) < 4.78 is 3.11. The number of rotatable bonds is 8. The Balaban J connectivity index is 1.40. The van der Waals surface area contributed by atoms with Crippen molar-refractivity contribution in [2.45, 2.75) is 26.1 Å². The van der Waals surface area contributed by atoms with Gasteiger partial charge in [-0.3, -0.25) is 19.4 Å². The quantitative estimate of drug-likeness (QED) is 0.185. The SMILES string of the molecule is O=C(O)CCn1c(=O)c(=O)[nH]c2ccc3ccc(-n4ccc(CNC(=O)NCc5ccncc5)c4)cc3c21. The zero-order valence-electron chi connectivity index (χ0n) is 20.2. The van der Waals surface area contributed by atoms with Gasteiger partial charge in [-0.25, -0.2) is 4.79 Å². The van der Waals surface area contributed by atoms with Gasteiger partial charge in [-0.05, 0) is 52.9 Å². The Labute approximate surface area is 215 Å². The van der Waals surface area contributed by atoms with Crippen LogP contribution in [0.1, 0.15) is 17.5 Å². The molecule has 4 N–H and O–H groups in total. The number of hydrogen-bond donors (Lipinski definition) is 4. The van der Waals surface area contributed by atoms with Crippen molar-refractivity contribution in [1.29, 1.82) is 0 Å². The Morgan fingerprint density at radius 1 is 0.947 bits per heavy atom. The monoisotopic (exact) mass is 512 g/mol. The fourth-order valence-corrected chi connectivity index (χ4v) is 4.30. The van der Waals surface area contributed by atoms with Crippen LogP contribution in [0.25, 0.3) is 27.5 Å². The minimum atomic E-state index is -1.06. The van der Waals surface area contributed by atoms with Gasteiger partial charge in [-0.1, -0.05) is 12.1 Å². The number of carboxylic acid groups (broad SMARTS) is 1. The zero-order valence-corrected chi connectivity index (χ0v) is 20.2. The molecular formula is C27H24N6O5. The standard InChI is InChI=1S/C27H24N6O5/c34-23(35)8-12-33-24-21-13-20(3-1-19(21)2-4-22(24)31-25(36)26(33)37)32-11-7-18(16-32)15-30-27(38)29-14-17-5-9-28-10-6-17/h1-7,9-11,13,16H,8,12,14-15H2,(H,31,36)(H,34,35)(H2,29,30,38). The Bertz CT molecular complexity index is 1770. The molecule has 5 aromatic rings. The zero-order chi connectivity index (χ0) is 26.6. The number of fused-ring (bicyclic) bond motifs is 3. The first-order valence-corrected chi connectivity index (χ1v) is 11.9. The van der Waals surface area contributed by atoms with Gasteiger partial charge < -0.3 is 29.9 Å². The fourth-order valence-electron chi connectivity index (χ4n) is 4.30. The number of carbonyl (C=O) groups excluding carboxylic acids is 1. The van der Waals surface area contributed by atoms with Crippen LogP contribution in [0.2, 0.25) is 0 Å². The number of aromatic nitrogens is 4. The molecule has 11 nitrogen and oxygen atoms in total. The summed E-state index contributed by atoms with van der Waals surface area (Å²) in [5, 5.41) is 16.3. The second-order valence-corrected chi connectivity index (χ2v) is 8.74. The fraction of sp³-hybridized carbons (Fsp3) is 0.148. The third-order valence-corrected chi connectivity index (χ3v) is 6.19. The van der Waals surface area contributed by atoms with Gasteiger partial charge in [-0.15, -0.1) is 0 Å². The maximum absolute atomic E-state index is 12.6. The van der Waals surface area contributed by atoms with E-state index < -0.39 is 17.1 Å². The summed E-state index contributed by atoms with van der Waals surface area (Å²) >= 11 is 0. The molecular weight excluding hydrogens is 488 g/mol. The molecule has 0 atom stereocenters. The second kappa shape index (κ2) is 10.4. The summed E-state index contributed by atoms with van der Waals surface area (Å²) in [5.74, 6) is -1.06. The van der Waals surface area contributed by atoms with Crippen molar-refractivity contribution in [3.63, 3.8) is 0 Å². The normalized spacial score (nSPS) is 11.1. The highest BCUT2D eigenvalue weighted by Crippen LogP contribution is 2.26. The van der Waals surface area contributed by atoms with Gasteiger partial charge in [0, 0.05) is 55.5 Å². The van der Waals surface area contributed by atoms with E-state index in [0.717, 1.165) is 22.2 Å². The number of nitrogens with zero attached hydrogens (tertiary/aromatic N) is 3. The van der Waals surface area contributed by atoms with Crippen LogP contribution in [0.3, 0.4) is 0 Å². The molecule has 0 spiro atoms. The number of H-pyrrole nitrogens is 1. The Hall–Kier alpha value is -5.19. The molecule has 11 heteroatoms. The lowest BCUT2D eigenvalue weighted by Gasteiger charge is -2.13. The molecule has 38 heavy (non-hydrogen) atoms. The van der Waals surface area contributed by atoms with Gasteiger partial charge in [0.15, 0.2) is 0 Å². The predicted molar refractivity (Wildman–Crippen MR) is 141 cm³/mol. The lowest BCUT2D eigenvalue weighted by atomic mass is 10.1. The van der Waals surface area contributed by atoms with Crippen molar-refractivity contribution < 1.29 is 14.7 Å². The molecule has 2 aromatic carbocycles. The molecule has 0 saturated heterocycles. The molecule has 0 aliphatic carbocycles. The van der Waals surface area contributed by atoms with E-state index >= 15 is 0 Å². The minimum Gasteiger partial charge on any atom is -0.481 e. The third-order valence-electron chi connectivity index (χ3n) is 6.19.